The van der Waals surface area contributed by atoms with Crippen LogP contribution in [-0.4, -0.2) is 52.1 Å². The number of carboxylic acid groups (broad SMARTS) is 1. The highest BCUT2D eigenvalue weighted by Crippen LogP contribution is 2.36. The number of aliphatic carboxylic acids is 1. The van der Waals surface area contributed by atoms with Crippen molar-refractivity contribution in [2.24, 2.45) is 0 Å². The van der Waals surface area contributed by atoms with E-state index in [1.54, 1.807) is 26.8 Å². The van der Waals surface area contributed by atoms with Crippen LogP contribution in [-0.2, 0) is 16.0 Å². The van der Waals surface area contributed by atoms with Gasteiger partial charge in [0.25, 0.3) is 5.56 Å². The Hall–Kier alpha value is -3.79. The van der Waals surface area contributed by atoms with E-state index in [9.17, 15) is 32.7 Å². The lowest BCUT2D eigenvalue weighted by Crippen LogP contribution is -2.49. The Morgan fingerprint density at radius 2 is 1.64 bits per heavy atom. The molecule has 0 radical (unpaired) electrons. The molecule has 1 saturated heterocycles. The molecule has 2 aromatic carbocycles. The van der Waals surface area contributed by atoms with Crippen LogP contribution in [0.1, 0.15) is 72.4 Å². The number of Topliss-reactive ketones (excluding diaryl/α,β-unsaturated/α-hetero) is 1. The number of halogens is 4. The van der Waals surface area contributed by atoms with Crippen LogP contribution in [0.3, 0.4) is 0 Å². The molecule has 1 fully saturated rings. The molecule has 0 bridgehead atoms. The van der Waals surface area contributed by atoms with Crippen molar-refractivity contribution in [3.8, 4) is 11.1 Å². The summed E-state index contributed by atoms with van der Waals surface area (Å²) < 4.78 is 58.7. The summed E-state index contributed by atoms with van der Waals surface area (Å²) in [4.78, 5) is 40.5. The molecule has 1 N–H and O–H groups in total. The summed E-state index contributed by atoms with van der Waals surface area (Å²) in [5.74, 6) is -4.92. The fourth-order valence-corrected chi connectivity index (χ4v) is 6.18. The van der Waals surface area contributed by atoms with Gasteiger partial charge in [-0.25, -0.2) is 17.6 Å². The van der Waals surface area contributed by atoms with Gasteiger partial charge in [-0.3, -0.25) is 19.3 Å². The molecule has 2 heterocycles. The van der Waals surface area contributed by atoms with Crippen LogP contribution < -0.4 is 5.56 Å². The zero-order chi connectivity index (χ0) is 32.3. The summed E-state index contributed by atoms with van der Waals surface area (Å²) >= 11 is 0. The van der Waals surface area contributed by atoms with Gasteiger partial charge in [-0.15, -0.1) is 0 Å². The predicted molar refractivity (Wildman–Crippen MR) is 160 cm³/mol. The summed E-state index contributed by atoms with van der Waals surface area (Å²) in [5.41, 5.74) is 2.24. The van der Waals surface area contributed by atoms with Gasteiger partial charge < -0.3 is 9.67 Å². The third-order valence-corrected chi connectivity index (χ3v) is 8.33. The van der Waals surface area contributed by atoms with E-state index in [-0.39, 0.29) is 17.5 Å². The first-order valence-corrected chi connectivity index (χ1v) is 14.9. The second-order valence-electron chi connectivity index (χ2n) is 11.9. The molecule has 10 heteroatoms. The molecule has 2 atom stereocenters. The number of aromatic nitrogens is 1. The number of alkyl halides is 1. The lowest BCUT2D eigenvalue weighted by Gasteiger charge is -2.34. The minimum Gasteiger partial charge on any atom is -0.481 e. The quantitative estimate of drug-likeness (QED) is 0.219. The zero-order valence-electron chi connectivity index (χ0n) is 25.4. The van der Waals surface area contributed by atoms with Gasteiger partial charge >= 0.3 is 5.97 Å². The van der Waals surface area contributed by atoms with Crippen molar-refractivity contribution in [1.29, 1.82) is 0 Å². The third kappa shape index (κ3) is 7.46. The minimum absolute atomic E-state index is 0.0297. The largest absolute Gasteiger partial charge is 0.481 e. The number of ketones is 1. The average molecular weight is 615 g/mol. The molecule has 0 saturated carbocycles. The third-order valence-electron chi connectivity index (χ3n) is 8.33. The Balaban J connectivity index is 1.70. The molecule has 1 aliphatic rings. The van der Waals surface area contributed by atoms with Crippen molar-refractivity contribution in [1.82, 2.24) is 9.47 Å². The van der Waals surface area contributed by atoms with Crippen LogP contribution in [0.25, 0.3) is 11.1 Å². The Morgan fingerprint density at radius 1 is 0.977 bits per heavy atom. The van der Waals surface area contributed by atoms with Crippen molar-refractivity contribution in [3.63, 3.8) is 0 Å². The lowest BCUT2D eigenvalue weighted by atomic mass is 9.84. The van der Waals surface area contributed by atoms with Crippen LogP contribution in [0.2, 0.25) is 0 Å². The summed E-state index contributed by atoms with van der Waals surface area (Å²) in [6.45, 7) is 7.85. The molecule has 1 aliphatic heterocycles. The van der Waals surface area contributed by atoms with Crippen LogP contribution >= 0.6 is 0 Å². The highest BCUT2D eigenvalue weighted by molar-refractivity contribution is 5.84. The maximum absolute atomic E-state index is 15.7. The fraction of sp³-hybridized carbons (Fsp3) is 0.441. The first-order chi connectivity index (χ1) is 20.8. The molecule has 4 rings (SSSR count). The molecule has 0 spiro atoms. The molecule has 3 aromatic rings. The van der Waals surface area contributed by atoms with Gasteiger partial charge in [0.05, 0.1) is 12.5 Å². The molecule has 6 nitrogen and oxygen atoms in total. The maximum atomic E-state index is 15.7. The topological polar surface area (TPSA) is 79.6 Å². The highest BCUT2D eigenvalue weighted by atomic mass is 19.1. The Kier molecular flexibility index (Phi) is 10.4. The monoisotopic (exact) mass is 614 g/mol. The summed E-state index contributed by atoms with van der Waals surface area (Å²) in [6, 6.07) is 5.87. The first-order valence-electron chi connectivity index (χ1n) is 14.9. The first kappa shape index (κ1) is 33.1. The standard InChI is InChI=1S/C34H38F4N2O4/c1-5-6-29(40-16-22(12-28(37)34(40)44)7-8-39-17-26(36)18-39)30(41)14-23(15-31(42)43)27-13-24(9-21(4)33(27)38)32-19(2)10-25(35)11-20(32)3/h9-13,16,23,26,29H,5-8,14-15,17-18H2,1-4H3,(H,42,43)/t23-,29?/m0/s1. The molecule has 1 aromatic heterocycles. The number of aryl methyl sites for hydroxylation is 3. The number of likely N-dealkylation sites (tertiary alicyclic amines) is 1. The van der Waals surface area contributed by atoms with E-state index in [0.29, 0.717) is 60.3 Å². The number of carbonyl (C=O) groups excluding carboxylic acids is 1. The summed E-state index contributed by atoms with van der Waals surface area (Å²) in [7, 11) is 0. The van der Waals surface area contributed by atoms with E-state index in [1.807, 2.05) is 4.90 Å². The Bertz CT molecular complexity index is 1590. The molecule has 0 aliphatic carbocycles. The van der Waals surface area contributed by atoms with E-state index >= 15 is 4.39 Å². The lowest BCUT2D eigenvalue weighted by molar-refractivity contribution is -0.137. The van der Waals surface area contributed by atoms with Crippen molar-refractivity contribution in [2.45, 2.75) is 77.9 Å². The predicted octanol–water partition coefficient (Wildman–Crippen LogP) is 6.61. The average Bonchev–Trinajstić information content (AvgIpc) is 2.91. The molecular weight excluding hydrogens is 576 g/mol. The van der Waals surface area contributed by atoms with Crippen LogP contribution in [0.4, 0.5) is 17.6 Å². The minimum atomic E-state index is -1.24. The van der Waals surface area contributed by atoms with Gasteiger partial charge in [-0.05, 0) is 103 Å². The Labute approximate surface area is 254 Å². The zero-order valence-corrected chi connectivity index (χ0v) is 25.4. The van der Waals surface area contributed by atoms with Gasteiger partial charge in [0.1, 0.15) is 17.8 Å². The van der Waals surface area contributed by atoms with E-state index in [4.69, 9.17) is 0 Å². The number of hydrogen-bond acceptors (Lipinski definition) is 4. The molecule has 236 valence electrons. The number of carbonyl (C=O) groups is 2. The van der Waals surface area contributed by atoms with E-state index < -0.39 is 65.7 Å². The number of carboxylic acids is 1. The molecular formula is C34H38F4N2O4. The van der Waals surface area contributed by atoms with E-state index in [1.165, 1.54) is 31.3 Å². The van der Waals surface area contributed by atoms with E-state index in [0.717, 1.165) is 10.6 Å². The number of hydrogen-bond donors (Lipinski definition) is 1. The summed E-state index contributed by atoms with van der Waals surface area (Å²) in [6.07, 6.45) is 0.598. The van der Waals surface area contributed by atoms with Gasteiger partial charge in [0, 0.05) is 38.2 Å². The molecule has 44 heavy (non-hydrogen) atoms. The number of nitrogens with zero attached hydrogens (tertiary/aromatic N) is 2. The van der Waals surface area contributed by atoms with Gasteiger partial charge in [-0.2, -0.15) is 0 Å². The van der Waals surface area contributed by atoms with Crippen LogP contribution in [0, 0.1) is 38.2 Å². The number of benzene rings is 2. The van der Waals surface area contributed by atoms with Crippen LogP contribution in [0.15, 0.2) is 41.3 Å². The second kappa shape index (κ2) is 13.9. The van der Waals surface area contributed by atoms with Gasteiger partial charge in [-0.1, -0.05) is 13.3 Å². The van der Waals surface area contributed by atoms with Crippen molar-refractivity contribution >= 4 is 11.8 Å². The number of rotatable bonds is 13. The fourth-order valence-electron chi connectivity index (χ4n) is 6.18. The van der Waals surface area contributed by atoms with Crippen LogP contribution in [0.5, 0.6) is 0 Å². The van der Waals surface area contributed by atoms with Crippen molar-refractivity contribution in [3.05, 3.63) is 92.2 Å². The SMILES string of the molecule is CCCC(C(=O)C[C@@H](CC(=O)O)c1cc(-c2c(C)cc(F)cc2C)cc(C)c1F)n1cc(CCN2CC(F)C2)cc(F)c1=O. The van der Waals surface area contributed by atoms with Gasteiger partial charge in [0.15, 0.2) is 11.6 Å². The van der Waals surface area contributed by atoms with Gasteiger partial charge in [0.2, 0.25) is 0 Å². The molecule has 1 unspecified atom stereocenters. The van der Waals surface area contributed by atoms with Crippen molar-refractivity contribution in [2.75, 3.05) is 19.6 Å². The summed E-state index contributed by atoms with van der Waals surface area (Å²) in [5, 5.41) is 9.74. The Morgan fingerprint density at radius 3 is 2.23 bits per heavy atom. The van der Waals surface area contributed by atoms with E-state index in [2.05, 4.69) is 0 Å². The maximum Gasteiger partial charge on any atom is 0.303 e. The smallest absolute Gasteiger partial charge is 0.303 e. The molecule has 0 amide bonds. The normalized spacial score (nSPS) is 15.2. The van der Waals surface area contributed by atoms with Crippen molar-refractivity contribution < 1.29 is 32.3 Å². The second-order valence-corrected chi connectivity index (χ2v) is 11.9. The highest BCUT2D eigenvalue weighted by Gasteiger charge is 2.30. The number of pyridine rings is 1.